The van der Waals surface area contributed by atoms with E-state index in [9.17, 15) is 9.59 Å². The molecule has 0 aliphatic carbocycles. The molecule has 1 aromatic rings. The van der Waals surface area contributed by atoms with Gasteiger partial charge in [-0.15, -0.1) is 0 Å². The second-order valence-corrected chi connectivity index (χ2v) is 4.77. The van der Waals surface area contributed by atoms with Crippen LogP contribution in [0.5, 0.6) is 0 Å². The lowest BCUT2D eigenvalue weighted by atomic mass is 10.1. The average Bonchev–Trinajstić information content (AvgIpc) is 2.41. The number of urea groups is 1. The highest BCUT2D eigenvalue weighted by atomic mass is 16.4. The molecule has 6 nitrogen and oxygen atoms in total. The molecule has 2 amide bonds. The van der Waals surface area contributed by atoms with Crippen molar-refractivity contribution in [3.8, 4) is 0 Å². The van der Waals surface area contributed by atoms with E-state index in [-0.39, 0.29) is 11.6 Å². The zero-order valence-corrected chi connectivity index (χ0v) is 11.8. The van der Waals surface area contributed by atoms with Gasteiger partial charge >= 0.3 is 12.0 Å². The number of hydrogen-bond acceptors (Lipinski definition) is 3. The predicted octanol–water partition coefficient (Wildman–Crippen LogP) is 1.14. The van der Waals surface area contributed by atoms with Crippen molar-refractivity contribution in [1.29, 1.82) is 0 Å². The Morgan fingerprint density at radius 2 is 1.80 bits per heavy atom. The molecule has 3 N–H and O–H groups in total. The third-order valence-corrected chi connectivity index (χ3v) is 2.72. The van der Waals surface area contributed by atoms with E-state index in [1.807, 2.05) is 14.1 Å². The highest BCUT2D eigenvalue weighted by Crippen LogP contribution is 2.03. The summed E-state index contributed by atoms with van der Waals surface area (Å²) in [4.78, 5) is 24.3. The second kappa shape index (κ2) is 8.16. The highest BCUT2D eigenvalue weighted by molar-refractivity contribution is 5.87. The van der Waals surface area contributed by atoms with Crippen molar-refractivity contribution in [3.05, 3.63) is 35.4 Å². The maximum absolute atomic E-state index is 11.5. The highest BCUT2D eigenvalue weighted by Gasteiger charge is 2.03. The molecule has 0 aliphatic rings. The van der Waals surface area contributed by atoms with Gasteiger partial charge in [-0.3, -0.25) is 0 Å². The summed E-state index contributed by atoms with van der Waals surface area (Å²) in [5, 5.41) is 14.3. The van der Waals surface area contributed by atoms with Crippen LogP contribution in [0.4, 0.5) is 4.79 Å². The fourth-order valence-corrected chi connectivity index (χ4v) is 1.61. The molecule has 0 bridgehead atoms. The van der Waals surface area contributed by atoms with Gasteiger partial charge in [-0.05, 0) is 44.8 Å². The van der Waals surface area contributed by atoms with E-state index >= 15 is 0 Å². The van der Waals surface area contributed by atoms with Crippen LogP contribution in [-0.4, -0.2) is 49.2 Å². The molecule has 20 heavy (non-hydrogen) atoms. The molecule has 0 radical (unpaired) electrons. The molecule has 0 aromatic heterocycles. The van der Waals surface area contributed by atoms with Gasteiger partial charge < -0.3 is 20.6 Å². The first-order valence-electron chi connectivity index (χ1n) is 6.47. The van der Waals surface area contributed by atoms with E-state index in [2.05, 4.69) is 15.5 Å². The SMILES string of the molecule is CN(C)CCCNC(=O)NCc1ccc(C(=O)O)cc1. The largest absolute Gasteiger partial charge is 0.478 e. The van der Waals surface area contributed by atoms with Crippen molar-refractivity contribution in [2.75, 3.05) is 27.2 Å². The molecule has 0 saturated heterocycles. The van der Waals surface area contributed by atoms with Gasteiger partial charge in [0, 0.05) is 13.1 Å². The summed E-state index contributed by atoms with van der Waals surface area (Å²) in [5.74, 6) is -0.955. The number of carboxylic acids is 1. The number of aromatic carboxylic acids is 1. The zero-order valence-electron chi connectivity index (χ0n) is 11.8. The van der Waals surface area contributed by atoms with E-state index in [0.29, 0.717) is 13.1 Å². The third-order valence-electron chi connectivity index (χ3n) is 2.72. The van der Waals surface area contributed by atoms with E-state index < -0.39 is 5.97 Å². The Labute approximate surface area is 118 Å². The van der Waals surface area contributed by atoms with Gasteiger partial charge in [0.1, 0.15) is 0 Å². The minimum absolute atomic E-state index is 0.217. The van der Waals surface area contributed by atoms with Crippen molar-refractivity contribution in [3.63, 3.8) is 0 Å². The minimum atomic E-state index is -0.955. The molecule has 1 rings (SSSR count). The number of benzene rings is 1. The first-order chi connectivity index (χ1) is 9.49. The second-order valence-electron chi connectivity index (χ2n) is 4.77. The van der Waals surface area contributed by atoms with Gasteiger partial charge in [0.15, 0.2) is 0 Å². The van der Waals surface area contributed by atoms with Crippen molar-refractivity contribution >= 4 is 12.0 Å². The molecule has 6 heteroatoms. The Morgan fingerprint density at radius 3 is 2.35 bits per heavy atom. The van der Waals surface area contributed by atoms with Gasteiger partial charge in [-0.1, -0.05) is 12.1 Å². The molecule has 0 aliphatic heterocycles. The molecule has 0 heterocycles. The maximum Gasteiger partial charge on any atom is 0.335 e. The molecule has 0 unspecified atom stereocenters. The number of hydrogen-bond donors (Lipinski definition) is 3. The van der Waals surface area contributed by atoms with Crippen LogP contribution < -0.4 is 10.6 Å². The van der Waals surface area contributed by atoms with Crippen molar-refractivity contribution in [2.24, 2.45) is 0 Å². The van der Waals surface area contributed by atoms with Crippen LogP contribution in [0.2, 0.25) is 0 Å². The van der Waals surface area contributed by atoms with Crippen molar-refractivity contribution in [1.82, 2.24) is 15.5 Å². The normalized spacial score (nSPS) is 10.3. The van der Waals surface area contributed by atoms with E-state index in [1.54, 1.807) is 12.1 Å². The first kappa shape index (κ1) is 16.0. The number of carbonyl (C=O) groups excluding carboxylic acids is 1. The Bertz CT molecular complexity index is 443. The average molecular weight is 279 g/mol. The Balaban J connectivity index is 2.25. The molecular weight excluding hydrogens is 258 g/mol. The number of carbonyl (C=O) groups is 2. The lowest BCUT2D eigenvalue weighted by Gasteiger charge is -2.10. The fourth-order valence-electron chi connectivity index (χ4n) is 1.61. The lowest BCUT2D eigenvalue weighted by molar-refractivity contribution is 0.0697. The van der Waals surface area contributed by atoms with Gasteiger partial charge in [0.25, 0.3) is 0 Å². The Hall–Kier alpha value is -2.08. The molecule has 1 aromatic carbocycles. The lowest BCUT2D eigenvalue weighted by Crippen LogP contribution is -2.36. The quantitative estimate of drug-likeness (QED) is 0.654. The predicted molar refractivity (Wildman–Crippen MR) is 76.8 cm³/mol. The van der Waals surface area contributed by atoms with Crippen molar-refractivity contribution < 1.29 is 14.7 Å². The summed E-state index contributed by atoms with van der Waals surface area (Å²) < 4.78 is 0. The molecular formula is C14H21N3O3. The van der Waals surface area contributed by atoms with Crippen molar-refractivity contribution in [2.45, 2.75) is 13.0 Å². The summed E-state index contributed by atoms with van der Waals surface area (Å²) in [6.07, 6.45) is 0.897. The summed E-state index contributed by atoms with van der Waals surface area (Å²) in [6.45, 7) is 1.93. The summed E-state index contributed by atoms with van der Waals surface area (Å²) in [7, 11) is 3.97. The number of rotatable bonds is 7. The number of carboxylic acid groups (broad SMARTS) is 1. The number of nitrogens with one attached hydrogen (secondary N) is 2. The zero-order chi connectivity index (χ0) is 15.0. The molecule has 0 atom stereocenters. The molecule has 0 spiro atoms. The summed E-state index contributed by atoms with van der Waals surface area (Å²) in [5.41, 5.74) is 1.10. The van der Waals surface area contributed by atoms with Crippen LogP contribution in [0.1, 0.15) is 22.3 Å². The number of amides is 2. The van der Waals surface area contributed by atoms with Gasteiger partial charge in [-0.2, -0.15) is 0 Å². The molecule has 0 saturated carbocycles. The Kier molecular flexibility index (Phi) is 6.52. The summed E-state index contributed by atoms with van der Waals surface area (Å²) in [6, 6.07) is 6.21. The molecule has 110 valence electrons. The fraction of sp³-hybridized carbons (Fsp3) is 0.429. The monoisotopic (exact) mass is 279 g/mol. The minimum Gasteiger partial charge on any atom is -0.478 e. The maximum atomic E-state index is 11.5. The van der Waals surface area contributed by atoms with E-state index in [4.69, 9.17) is 5.11 Å². The van der Waals surface area contributed by atoms with Gasteiger partial charge in [-0.25, -0.2) is 9.59 Å². The van der Waals surface area contributed by atoms with E-state index in [0.717, 1.165) is 18.5 Å². The van der Waals surface area contributed by atoms with E-state index in [1.165, 1.54) is 12.1 Å². The number of nitrogens with zero attached hydrogens (tertiary/aromatic N) is 1. The van der Waals surface area contributed by atoms with Crippen LogP contribution in [0, 0.1) is 0 Å². The topological polar surface area (TPSA) is 81.7 Å². The van der Waals surface area contributed by atoms with Gasteiger partial charge in [0.05, 0.1) is 5.56 Å². The smallest absolute Gasteiger partial charge is 0.335 e. The standard InChI is InChI=1S/C14H21N3O3/c1-17(2)9-3-8-15-14(20)16-10-11-4-6-12(7-5-11)13(18)19/h4-7H,3,8-10H2,1-2H3,(H,18,19)(H2,15,16,20). The van der Waals surface area contributed by atoms with Crippen LogP contribution in [0.3, 0.4) is 0 Å². The van der Waals surface area contributed by atoms with Crippen LogP contribution in [0.15, 0.2) is 24.3 Å². The summed E-state index contributed by atoms with van der Waals surface area (Å²) >= 11 is 0. The van der Waals surface area contributed by atoms with Crippen LogP contribution in [0.25, 0.3) is 0 Å². The molecule has 0 fully saturated rings. The third kappa shape index (κ3) is 6.19. The first-order valence-corrected chi connectivity index (χ1v) is 6.47. The van der Waals surface area contributed by atoms with Gasteiger partial charge in [0.2, 0.25) is 0 Å². The van der Waals surface area contributed by atoms with Crippen LogP contribution in [-0.2, 0) is 6.54 Å². The Morgan fingerprint density at radius 1 is 1.15 bits per heavy atom. The van der Waals surface area contributed by atoms with Crippen LogP contribution >= 0.6 is 0 Å².